The van der Waals surface area contributed by atoms with Gasteiger partial charge in [-0.2, -0.15) is 0 Å². The number of aryl methyl sites for hydroxylation is 3. The molecule has 0 radical (unpaired) electrons. The van der Waals surface area contributed by atoms with E-state index in [1.807, 2.05) is 0 Å². The van der Waals surface area contributed by atoms with E-state index in [4.69, 9.17) is 9.40 Å². The van der Waals surface area contributed by atoms with Gasteiger partial charge in [0.25, 0.3) is 5.56 Å². The number of aromatic nitrogens is 2. The molecule has 6 nitrogen and oxygen atoms in total. The van der Waals surface area contributed by atoms with Crippen LogP contribution in [0.1, 0.15) is 52.3 Å². The number of hydrogen-bond acceptors (Lipinski definition) is 6. The number of nitrogens with zero attached hydrogens (tertiary/aromatic N) is 2. The molecule has 0 aliphatic heterocycles. The first-order chi connectivity index (χ1) is 12.6. The first kappa shape index (κ1) is 17.0. The number of ether oxygens (including phenoxy) is 1. The van der Waals surface area contributed by atoms with Gasteiger partial charge in [0.05, 0.1) is 19.0 Å². The molecular formula is C19H20N2O4S. The molecule has 26 heavy (non-hydrogen) atoms. The van der Waals surface area contributed by atoms with E-state index in [-0.39, 0.29) is 17.9 Å². The third-order valence-electron chi connectivity index (χ3n) is 4.74. The van der Waals surface area contributed by atoms with E-state index in [0.717, 1.165) is 48.1 Å². The lowest BCUT2D eigenvalue weighted by Crippen LogP contribution is -2.26. The zero-order valence-corrected chi connectivity index (χ0v) is 15.6. The average molecular weight is 372 g/mol. The first-order valence-electron chi connectivity index (χ1n) is 8.83. The summed E-state index contributed by atoms with van der Waals surface area (Å²) in [7, 11) is 1.31. The molecule has 0 N–H and O–H groups in total. The first-order valence-corrected chi connectivity index (χ1v) is 9.65. The van der Waals surface area contributed by atoms with Gasteiger partial charge in [0.1, 0.15) is 16.4 Å². The van der Waals surface area contributed by atoms with E-state index in [9.17, 15) is 9.59 Å². The summed E-state index contributed by atoms with van der Waals surface area (Å²) in [5, 5.41) is 0.766. The molecule has 0 saturated heterocycles. The zero-order chi connectivity index (χ0) is 18.3. The van der Waals surface area contributed by atoms with Crippen LogP contribution >= 0.6 is 11.3 Å². The predicted molar refractivity (Wildman–Crippen MR) is 99.0 cm³/mol. The number of furan rings is 1. The number of esters is 1. The summed E-state index contributed by atoms with van der Waals surface area (Å²) in [6.07, 6.45) is 4.72. The molecule has 3 aromatic rings. The Bertz CT molecular complexity index is 1040. The molecule has 1 aliphatic rings. The molecule has 0 bridgehead atoms. The number of thiophene rings is 1. The van der Waals surface area contributed by atoms with Crippen molar-refractivity contribution in [3.8, 4) is 0 Å². The van der Waals surface area contributed by atoms with Crippen LogP contribution in [0.15, 0.2) is 21.3 Å². The van der Waals surface area contributed by atoms with Gasteiger partial charge in [-0.15, -0.1) is 11.3 Å². The fraction of sp³-hybridized carbons (Fsp3) is 0.421. The van der Waals surface area contributed by atoms with Crippen LogP contribution in [-0.2, 0) is 30.5 Å². The number of rotatable bonds is 5. The molecule has 0 atom stereocenters. The lowest BCUT2D eigenvalue weighted by Gasteiger charge is -2.11. The zero-order valence-electron chi connectivity index (χ0n) is 14.8. The molecule has 0 amide bonds. The Balaban J connectivity index is 1.81. The maximum atomic E-state index is 13.2. The summed E-state index contributed by atoms with van der Waals surface area (Å²) >= 11 is 1.66. The van der Waals surface area contributed by atoms with Gasteiger partial charge in [-0.25, -0.2) is 9.78 Å². The van der Waals surface area contributed by atoms with Gasteiger partial charge < -0.3 is 9.15 Å². The van der Waals surface area contributed by atoms with Crippen LogP contribution in [0.5, 0.6) is 0 Å². The van der Waals surface area contributed by atoms with Gasteiger partial charge in [-0.1, -0.05) is 6.92 Å². The minimum absolute atomic E-state index is 0.00568. The molecule has 0 fully saturated rings. The minimum Gasteiger partial charge on any atom is -0.463 e. The van der Waals surface area contributed by atoms with E-state index in [1.165, 1.54) is 17.6 Å². The predicted octanol–water partition coefficient (Wildman–Crippen LogP) is 3.33. The van der Waals surface area contributed by atoms with Crippen molar-refractivity contribution in [2.45, 2.75) is 45.6 Å². The van der Waals surface area contributed by atoms with Gasteiger partial charge in [0, 0.05) is 11.3 Å². The minimum atomic E-state index is -0.526. The molecule has 0 saturated carbocycles. The van der Waals surface area contributed by atoms with E-state index in [2.05, 4.69) is 11.7 Å². The lowest BCUT2D eigenvalue weighted by atomic mass is 10.2. The van der Waals surface area contributed by atoms with E-state index >= 15 is 0 Å². The van der Waals surface area contributed by atoms with Crippen molar-refractivity contribution in [2.24, 2.45) is 0 Å². The molecule has 3 heterocycles. The van der Waals surface area contributed by atoms with Gasteiger partial charge in [-0.05, 0) is 43.4 Å². The van der Waals surface area contributed by atoms with Gasteiger partial charge in [-0.3, -0.25) is 9.36 Å². The summed E-state index contributed by atoms with van der Waals surface area (Å²) < 4.78 is 11.9. The molecule has 4 rings (SSSR count). The molecule has 136 valence electrons. The van der Waals surface area contributed by atoms with E-state index in [1.54, 1.807) is 28.0 Å². The smallest absolute Gasteiger partial charge is 0.373 e. The van der Waals surface area contributed by atoms with Gasteiger partial charge in [0.2, 0.25) is 5.76 Å². The number of carbonyl (C=O) groups is 1. The van der Waals surface area contributed by atoms with Crippen molar-refractivity contribution in [1.82, 2.24) is 9.55 Å². The van der Waals surface area contributed by atoms with Crippen LogP contribution in [0.3, 0.4) is 0 Å². The quantitative estimate of drug-likeness (QED) is 0.642. The van der Waals surface area contributed by atoms with Crippen LogP contribution in [0.25, 0.3) is 10.2 Å². The summed E-state index contributed by atoms with van der Waals surface area (Å²) in [6.45, 7) is 2.33. The Labute approximate surface area is 154 Å². The fourth-order valence-electron chi connectivity index (χ4n) is 3.53. The summed E-state index contributed by atoms with van der Waals surface area (Å²) in [4.78, 5) is 31.8. The highest BCUT2D eigenvalue weighted by atomic mass is 32.1. The fourth-order valence-corrected chi connectivity index (χ4v) is 4.80. The van der Waals surface area contributed by atoms with Crippen molar-refractivity contribution in [3.63, 3.8) is 0 Å². The Hall–Kier alpha value is -2.41. The highest BCUT2D eigenvalue weighted by Crippen LogP contribution is 2.34. The van der Waals surface area contributed by atoms with E-state index < -0.39 is 5.97 Å². The Morgan fingerprint density at radius 3 is 3.00 bits per heavy atom. The second kappa shape index (κ2) is 6.72. The van der Waals surface area contributed by atoms with Gasteiger partial charge in [0.15, 0.2) is 0 Å². The molecule has 7 heteroatoms. The highest BCUT2D eigenvalue weighted by Gasteiger charge is 2.23. The second-order valence-electron chi connectivity index (χ2n) is 6.46. The van der Waals surface area contributed by atoms with Crippen LogP contribution in [0.4, 0.5) is 0 Å². The number of methoxy groups -OCH3 is 1. The molecule has 0 unspecified atom stereocenters. The standard InChI is InChI=1S/C19H20N2O4S/c1-3-5-15-20-17-16(12-6-4-7-14(12)26-17)18(22)21(15)10-11-8-9-13(25-11)19(23)24-2/h8-9H,3-7,10H2,1-2H3. The van der Waals surface area contributed by atoms with Crippen LogP contribution in [-0.4, -0.2) is 22.6 Å². The SMILES string of the molecule is CCCc1nc2sc3c(c2c(=O)n1Cc1ccc(C(=O)OC)o1)CCC3. The highest BCUT2D eigenvalue weighted by molar-refractivity contribution is 7.18. The normalized spacial score (nSPS) is 13.3. The summed E-state index contributed by atoms with van der Waals surface area (Å²) in [5.41, 5.74) is 1.17. The van der Waals surface area contributed by atoms with Crippen molar-refractivity contribution in [3.05, 3.63) is 50.3 Å². The topological polar surface area (TPSA) is 74.3 Å². The maximum absolute atomic E-state index is 13.2. The maximum Gasteiger partial charge on any atom is 0.373 e. The van der Waals surface area contributed by atoms with Crippen molar-refractivity contribution >= 4 is 27.5 Å². The van der Waals surface area contributed by atoms with Crippen molar-refractivity contribution in [2.75, 3.05) is 7.11 Å². The third-order valence-corrected chi connectivity index (χ3v) is 5.93. The van der Waals surface area contributed by atoms with Gasteiger partial charge >= 0.3 is 5.97 Å². The Morgan fingerprint density at radius 1 is 1.38 bits per heavy atom. The summed E-state index contributed by atoms with van der Waals surface area (Å²) in [5.74, 6) is 0.915. The number of fused-ring (bicyclic) bond motifs is 3. The molecule has 0 aromatic carbocycles. The second-order valence-corrected chi connectivity index (χ2v) is 7.55. The Kier molecular flexibility index (Phi) is 4.40. The van der Waals surface area contributed by atoms with Crippen LogP contribution in [0.2, 0.25) is 0 Å². The van der Waals surface area contributed by atoms with E-state index in [0.29, 0.717) is 5.76 Å². The lowest BCUT2D eigenvalue weighted by molar-refractivity contribution is 0.0563. The van der Waals surface area contributed by atoms with Crippen molar-refractivity contribution in [1.29, 1.82) is 0 Å². The number of carbonyl (C=O) groups excluding carboxylic acids is 1. The summed E-state index contributed by atoms with van der Waals surface area (Å²) in [6, 6.07) is 3.27. The number of hydrogen-bond donors (Lipinski definition) is 0. The van der Waals surface area contributed by atoms with Crippen LogP contribution in [0, 0.1) is 0 Å². The third kappa shape index (κ3) is 2.76. The molecule has 0 spiro atoms. The largest absolute Gasteiger partial charge is 0.463 e. The molecular weight excluding hydrogens is 352 g/mol. The molecule has 1 aliphatic carbocycles. The Morgan fingerprint density at radius 2 is 2.23 bits per heavy atom. The van der Waals surface area contributed by atoms with Crippen molar-refractivity contribution < 1.29 is 13.9 Å². The average Bonchev–Trinajstić information content (AvgIpc) is 3.33. The van der Waals surface area contributed by atoms with Crippen LogP contribution < -0.4 is 5.56 Å². The molecule has 3 aromatic heterocycles. The monoisotopic (exact) mass is 372 g/mol.